The first-order chi connectivity index (χ1) is 13.5. The number of aromatic nitrogens is 3. The maximum absolute atomic E-state index is 12.3. The van der Waals surface area contributed by atoms with Crippen LogP contribution >= 0.6 is 12.2 Å². The smallest absolute Gasteiger partial charge is 0.222 e. The van der Waals surface area contributed by atoms with E-state index in [0.29, 0.717) is 30.1 Å². The topological polar surface area (TPSA) is 71.9 Å². The third-order valence-corrected chi connectivity index (χ3v) is 4.95. The molecular formula is C21H24N4O2S. The van der Waals surface area contributed by atoms with Crippen LogP contribution in [-0.2, 0) is 17.9 Å². The molecule has 0 fully saturated rings. The molecule has 0 unspecified atom stereocenters. The minimum absolute atomic E-state index is 0.0243. The van der Waals surface area contributed by atoms with Gasteiger partial charge in [0.2, 0.25) is 5.91 Å². The third-order valence-electron chi connectivity index (χ3n) is 4.64. The Balaban J connectivity index is 1.63. The van der Waals surface area contributed by atoms with Gasteiger partial charge in [0, 0.05) is 25.1 Å². The van der Waals surface area contributed by atoms with E-state index in [1.54, 1.807) is 7.11 Å². The number of aryl methyl sites for hydroxylation is 2. The van der Waals surface area contributed by atoms with Crippen LogP contribution in [0.4, 0.5) is 0 Å². The van der Waals surface area contributed by atoms with E-state index < -0.39 is 0 Å². The number of amides is 1. The summed E-state index contributed by atoms with van der Waals surface area (Å²) >= 11 is 5.33. The summed E-state index contributed by atoms with van der Waals surface area (Å²) in [6, 6.07) is 13.8. The minimum Gasteiger partial charge on any atom is -0.497 e. The fraction of sp³-hybridized carbons (Fsp3) is 0.286. The van der Waals surface area contributed by atoms with Gasteiger partial charge in [-0.15, -0.1) is 0 Å². The quantitative estimate of drug-likeness (QED) is 0.594. The highest BCUT2D eigenvalue weighted by molar-refractivity contribution is 7.71. The van der Waals surface area contributed by atoms with Gasteiger partial charge in [-0.1, -0.05) is 23.8 Å². The Morgan fingerprint density at radius 2 is 1.96 bits per heavy atom. The molecule has 0 aliphatic carbocycles. The van der Waals surface area contributed by atoms with Gasteiger partial charge in [-0.2, -0.15) is 5.10 Å². The van der Waals surface area contributed by atoms with Crippen molar-refractivity contribution >= 4 is 18.1 Å². The molecule has 1 aromatic heterocycles. The molecule has 146 valence electrons. The average Bonchev–Trinajstić information content (AvgIpc) is 3.06. The third kappa shape index (κ3) is 4.67. The maximum Gasteiger partial charge on any atom is 0.222 e. The van der Waals surface area contributed by atoms with Crippen molar-refractivity contribution in [2.75, 3.05) is 7.11 Å². The van der Waals surface area contributed by atoms with E-state index in [2.05, 4.69) is 47.6 Å². The van der Waals surface area contributed by atoms with Crippen molar-refractivity contribution in [2.24, 2.45) is 0 Å². The van der Waals surface area contributed by atoms with Crippen molar-refractivity contribution in [1.29, 1.82) is 0 Å². The number of carbonyl (C=O) groups is 1. The van der Waals surface area contributed by atoms with Crippen LogP contribution in [0.25, 0.3) is 11.4 Å². The molecule has 0 radical (unpaired) electrons. The lowest BCUT2D eigenvalue weighted by molar-refractivity contribution is -0.121. The average molecular weight is 397 g/mol. The summed E-state index contributed by atoms with van der Waals surface area (Å²) in [4.78, 5) is 12.3. The normalized spacial score (nSPS) is 10.7. The number of ether oxygens (including phenoxy) is 1. The number of carbonyl (C=O) groups excluding carboxylic acids is 1. The van der Waals surface area contributed by atoms with E-state index in [9.17, 15) is 4.79 Å². The molecule has 0 aliphatic rings. The van der Waals surface area contributed by atoms with E-state index >= 15 is 0 Å². The van der Waals surface area contributed by atoms with Crippen molar-refractivity contribution in [2.45, 2.75) is 33.4 Å². The van der Waals surface area contributed by atoms with Crippen LogP contribution in [0.1, 0.15) is 23.1 Å². The van der Waals surface area contributed by atoms with Crippen LogP contribution in [0, 0.1) is 18.6 Å². The molecule has 0 saturated carbocycles. The summed E-state index contributed by atoms with van der Waals surface area (Å²) in [7, 11) is 1.63. The number of methoxy groups -OCH3 is 1. The van der Waals surface area contributed by atoms with Crippen LogP contribution in [0.5, 0.6) is 5.75 Å². The fourth-order valence-electron chi connectivity index (χ4n) is 3.03. The van der Waals surface area contributed by atoms with Gasteiger partial charge in [-0.25, -0.2) is 0 Å². The van der Waals surface area contributed by atoms with Gasteiger partial charge < -0.3 is 10.1 Å². The number of benzene rings is 2. The molecule has 0 spiro atoms. The second-order valence-electron chi connectivity index (χ2n) is 6.69. The first-order valence-corrected chi connectivity index (χ1v) is 9.51. The number of hydrogen-bond donors (Lipinski definition) is 2. The number of hydrogen-bond acceptors (Lipinski definition) is 4. The van der Waals surface area contributed by atoms with Crippen molar-refractivity contribution < 1.29 is 9.53 Å². The summed E-state index contributed by atoms with van der Waals surface area (Å²) in [5.74, 6) is 1.45. The Hall–Kier alpha value is -2.93. The first-order valence-electron chi connectivity index (χ1n) is 9.10. The molecule has 28 heavy (non-hydrogen) atoms. The van der Waals surface area contributed by atoms with Gasteiger partial charge in [-0.3, -0.25) is 14.5 Å². The van der Waals surface area contributed by atoms with E-state index in [1.165, 1.54) is 11.1 Å². The molecule has 0 bridgehead atoms. The molecule has 1 heterocycles. The zero-order valence-electron chi connectivity index (χ0n) is 16.3. The Bertz CT molecular complexity index is 1020. The molecule has 2 N–H and O–H groups in total. The molecule has 6 nitrogen and oxygen atoms in total. The molecule has 3 rings (SSSR count). The van der Waals surface area contributed by atoms with Crippen LogP contribution in [0.3, 0.4) is 0 Å². The van der Waals surface area contributed by atoms with Crippen LogP contribution < -0.4 is 10.1 Å². The summed E-state index contributed by atoms with van der Waals surface area (Å²) in [6.07, 6.45) is 0.321. The predicted octanol–water partition coefficient (Wildman–Crippen LogP) is 3.94. The number of rotatable bonds is 7. The molecule has 0 atom stereocenters. The first kappa shape index (κ1) is 19.8. The van der Waals surface area contributed by atoms with Gasteiger partial charge in [0.25, 0.3) is 0 Å². The largest absolute Gasteiger partial charge is 0.497 e. The molecule has 0 saturated heterocycles. The molecule has 1 amide bonds. The van der Waals surface area contributed by atoms with Gasteiger partial charge in [0.05, 0.1) is 7.11 Å². The molecular weight excluding hydrogens is 372 g/mol. The minimum atomic E-state index is -0.0243. The number of nitrogens with one attached hydrogen (secondary N) is 2. The Kier molecular flexibility index (Phi) is 6.26. The second kappa shape index (κ2) is 8.84. The lowest BCUT2D eigenvalue weighted by Crippen LogP contribution is -2.24. The highest BCUT2D eigenvalue weighted by atomic mass is 32.1. The Morgan fingerprint density at radius 3 is 2.64 bits per heavy atom. The predicted molar refractivity (Wildman–Crippen MR) is 112 cm³/mol. The lowest BCUT2D eigenvalue weighted by Gasteiger charge is -2.10. The van der Waals surface area contributed by atoms with Crippen molar-refractivity contribution in [3.63, 3.8) is 0 Å². The van der Waals surface area contributed by atoms with E-state index in [0.717, 1.165) is 16.9 Å². The lowest BCUT2D eigenvalue weighted by atomic mass is 10.1. The highest BCUT2D eigenvalue weighted by Gasteiger charge is 2.11. The van der Waals surface area contributed by atoms with Crippen LogP contribution in [0.2, 0.25) is 0 Å². The van der Waals surface area contributed by atoms with Gasteiger partial charge in [0.1, 0.15) is 5.75 Å². The second-order valence-corrected chi connectivity index (χ2v) is 7.08. The van der Waals surface area contributed by atoms with Gasteiger partial charge >= 0.3 is 0 Å². The van der Waals surface area contributed by atoms with E-state index in [4.69, 9.17) is 17.0 Å². The molecule has 2 aromatic carbocycles. The summed E-state index contributed by atoms with van der Waals surface area (Å²) in [6.45, 7) is 5.09. The highest BCUT2D eigenvalue weighted by Crippen LogP contribution is 2.21. The van der Waals surface area contributed by atoms with E-state index in [1.807, 2.05) is 28.8 Å². The molecule has 7 heteroatoms. The summed E-state index contributed by atoms with van der Waals surface area (Å²) in [5, 5.41) is 10.1. The Morgan fingerprint density at radius 1 is 1.21 bits per heavy atom. The van der Waals surface area contributed by atoms with Gasteiger partial charge in [0.15, 0.2) is 10.6 Å². The zero-order chi connectivity index (χ0) is 20.1. The van der Waals surface area contributed by atoms with Crippen molar-refractivity contribution in [3.05, 3.63) is 63.9 Å². The number of aromatic amines is 1. The fourth-order valence-corrected chi connectivity index (χ4v) is 3.25. The molecule has 0 aliphatic heterocycles. The maximum atomic E-state index is 12.3. The standard InChI is InChI=1S/C21H24N4O2S/c1-14-4-5-17(15(2)12-14)13-22-19(26)10-11-25-20(23-24-21(25)28)16-6-8-18(27-3)9-7-16/h4-9,12H,10-11,13H2,1-3H3,(H,22,26)(H,24,28). The monoisotopic (exact) mass is 396 g/mol. The van der Waals surface area contributed by atoms with E-state index in [-0.39, 0.29) is 5.91 Å². The molecule has 3 aromatic rings. The summed E-state index contributed by atoms with van der Waals surface area (Å²) in [5.41, 5.74) is 4.42. The van der Waals surface area contributed by atoms with Crippen LogP contribution in [-0.4, -0.2) is 27.8 Å². The summed E-state index contributed by atoms with van der Waals surface area (Å²) < 4.78 is 7.52. The Labute approximate surface area is 169 Å². The number of H-pyrrole nitrogens is 1. The van der Waals surface area contributed by atoms with Gasteiger partial charge in [-0.05, 0) is 61.5 Å². The number of nitrogens with zero attached hydrogens (tertiary/aromatic N) is 2. The van der Waals surface area contributed by atoms with Crippen molar-refractivity contribution in [3.8, 4) is 17.1 Å². The van der Waals surface area contributed by atoms with Crippen LogP contribution in [0.15, 0.2) is 42.5 Å². The zero-order valence-corrected chi connectivity index (χ0v) is 17.1. The SMILES string of the molecule is COc1ccc(-c2n[nH]c(=S)n2CCC(=O)NCc2ccc(C)cc2C)cc1. The van der Waals surface area contributed by atoms with Crippen molar-refractivity contribution in [1.82, 2.24) is 20.1 Å².